The molecule has 0 aliphatic rings. The molecule has 31 heavy (non-hydrogen) atoms. The molecular formula is C26H28Br2O3. The molecule has 0 spiro atoms. The lowest BCUT2D eigenvalue weighted by Crippen LogP contribution is -2.41. The van der Waals surface area contributed by atoms with Gasteiger partial charge in [0.1, 0.15) is 0 Å². The van der Waals surface area contributed by atoms with Crippen molar-refractivity contribution >= 4 is 31.9 Å². The molecule has 0 amide bonds. The zero-order chi connectivity index (χ0) is 21.7. The number of hydrogen-bond donors (Lipinski definition) is 0. The highest BCUT2D eigenvalue weighted by atomic mass is 79.9. The largest absolute Gasteiger partial charge is 0.376 e. The van der Waals surface area contributed by atoms with Gasteiger partial charge in [0.15, 0.2) is 0 Å². The Bertz CT molecular complexity index is 846. The van der Waals surface area contributed by atoms with Crippen molar-refractivity contribution in [2.45, 2.75) is 36.9 Å². The van der Waals surface area contributed by atoms with E-state index in [4.69, 9.17) is 14.2 Å². The fourth-order valence-corrected chi connectivity index (χ4v) is 4.41. The molecule has 5 heteroatoms. The van der Waals surface area contributed by atoms with Gasteiger partial charge < -0.3 is 14.2 Å². The Kier molecular flexibility index (Phi) is 10.8. The number of alkyl halides is 2. The van der Waals surface area contributed by atoms with Gasteiger partial charge in [-0.25, -0.2) is 0 Å². The molecule has 3 aromatic carbocycles. The fourth-order valence-electron chi connectivity index (χ4n) is 3.17. The Hall–Kier alpha value is -1.50. The van der Waals surface area contributed by atoms with Gasteiger partial charge in [-0.1, -0.05) is 123 Å². The normalized spacial score (nSPS) is 14.1. The van der Waals surface area contributed by atoms with Crippen LogP contribution in [0.25, 0.3) is 0 Å². The van der Waals surface area contributed by atoms with Crippen LogP contribution in [0.5, 0.6) is 0 Å². The van der Waals surface area contributed by atoms with Crippen molar-refractivity contribution < 1.29 is 14.2 Å². The molecule has 0 unspecified atom stereocenters. The topological polar surface area (TPSA) is 27.7 Å². The van der Waals surface area contributed by atoms with Gasteiger partial charge in [0, 0.05) is 5.33 Å². The summed E-state index contributed by atoms with van der Waals surface area (Å²) in [5, 5.41) is 0.667. The monoisotopic (exact) mass is 546 g/mol. The molecular weight excluding hydrogens is 520 g/mol. The first-order chi connectivity index (χ1) is 15.3. The second-order valence-electron chi connectivity index (χ2n) is 7.27. The van der Waals surface area contributed by atoms with Crippen LogP contribution in [0, 0.1) is 0 Å². The second kappa shape index (κ2) is 13.8. The zero-order valence-electron chi connectivity index (χ0n) is 17.4. The average molecular weight is 548 g/mol. The first-order valence-electron chi connectivity index (χ1n) is 10.4. The zero-order valence-corrected chi connectivity index (χ0v) is 20.6. The van der Waals surface area contributed by atoms with Gasteiger partial charge in [0.2, 0.25) is 0 Å². The molecule has 0 bridgehead atoms. The lowest BCUT2D eigenvalue weighted by Gasteiger charge is -2.30. The van der Waals surface area contributed by atoms with Gasteiger partial charge >= 0.3 is 0 Å². The van der Waals surface area contributed by atoms with Crippen LogP contribution in [0.3, 0.4) is 0 Å². The molecule has 3 aromatic rings. The summed E-state index contributed by atoms with van der Waals surface area (Å²) in [5.74, 6) is 0. The molecule has 0 fully saturated rings. The molecule has 3 atom stereocenters. The van der Waals surface area contributed by atoms with Crippen molar-refractivity contribution in [3.05, 3.63) is 108 Å². The van der Waals surface area contributed by atoms with Crippen molar-refractivity contribution in [2.24, 2.45) is 0 Å². The van der Waals surface area contributed by atoms with Gasteiger partial charge in [-0.05, 0) is 16.7 Å². The number of hydrogen-bond acceptors (Lipinski definition) is 3. The fraction of sp³-hybridized carbons (Fsp3) is 0.308. The Morgan fingerprint density at radius 1 is 0.613 bits per heavy atom. The minimum absolute atomic E-state index is 0.0155. The molecule has 0 N–H and O–H groups in total. The Labute approximate surface area is 202 Å². The average Bonchev–Trinajstić information content (AvgIpc) is 2.83. The third kappa shape index (κ3) is 8.51. The summed E-state index contributed by atoms with van der Waals surface area (Å²) >= 11 is 7.43. The summed E-state index contributed by atoms with van der Waals surface area (Å²) in [6.45, 7) is 2.14. The summed E-state index contributed by atoms with van der Waals surface area (Å²) in [5.41, 5.74) is 3.43. The van der Waals surface area contributed by atoms with Crippen molar-refractivity contribution in [1.82, 2.24) is 0 Å². The van der Waals surface area contributed by atoms with Crippen LogP contribution in [-0.2, 0) is 34.0 Å². The molecule has 0 aliphatic carbocycles. The highest BCUT2D eigenvalue weighted by molar-refractivity contribution is 9.09. The Morgan fingerprint density at radius 2 is 1.06 bits per heavy atom. The molecule has 3 rings (SSSR count). The van der Waals surface area contributed by atoms with Gasteiger partial charge in [-0.2, -0.15) is 0 Å². The molecule has 0 aliphatic heterocycles. The molecule has 0 saturated carbocycles. The summed E-state index contributed by atoms with van der Waals surface area (Å²) in [7, 11) is 0. The van der Waals surface area contributed by atoms with E-state index in [1.165, 1.54) is 0 Å². The van der Waals surface area contributed by atoms with Gasteiger partial charge in [-0.3, -0.25) is 0 Å². The molecule has 0 aromatic heterocycles. The SMILES string of the molecule is BrC[C@H](OCc1ccccc1)[C@H](OCc1ccccc1)[C@@H](Br)COCc1ccccc1. The maximum atomic E-state index is 6.35. The van der Waals surface area contributed by atoms with E-state index < -0.39 is 0 Å². The summed E-state index contributed by atoms with van der Waals surface area (Å²) in [4.78, 5) is -0.0155. The molecule has 0 saturated heterocycles. The Morgan fingerprint density at radius 3 is 1.55 bits per heavy atom. The van der Waals surface area contributed by atoms with E-state index in [-0.39, 0.29) is 17.0 Å². The first-order valence-corrected chi connectivity index (χ1v) is 12.4. The van der Waals surface area contributed by atoms with Crippen LogP contribution < -0.4 is 0 Å². The van der Waals surface area contributed by atoms with Crippen molar-refractivity contribution in [3.63, 3.8) is 0 Å². The van der Waals surface area contributed by atoms with E-state index in [1.54, 1.807) is 0 Å². The highest BCUT2D eigenvalue weighted by Gasteiger charge is 2.29. The maximum Gasteiger partial charge on any atom is 0.0996 e. The van der Waals surface area contributed by atoms with Gasteiger partial charge in [-0.15, -0.1) is 0 Å². The maximum absolute atomic E-state index is 6.35. The third-order valence-corrected chi connectivity index (χ3v) is 6.28. The van der Waals surface area contributed by atoms with Crippen LogP contribution in [0.4, 0.5) is 0 Å². The van der Waals surface area contributed by atoms with Gasteiger partial charge in [0.25, 0.3) is 0 Å². The smallest absolute Gasteiger partial charge is 0.0996 e. The van der Waals surface area contributed by atoms with Crippen molar-refractivity contribution in [2.75, 3.05) is 11.9 Å². The molecule has 0 radical (unpaired) electrons. The minimum Gasteiger partial charge on any atom is -0.376 e. The predicted octanol–water partition coefficient (Wildman–Crippen LogP) is 6.53. The van der Waals surface area contributed by atoms with E-state index in [0.717, 1.165) is 16.7 Å². The second-order valence-corrected chi connectivity index (χ2v) is 9.09. The van der Waals surface area contributed by atoms with Crippen molar-refractivity contribution in [3.8, 4) is 0 Å². The number of rotatable bonds is 13. The minimum atomic E-state index is -0.181. The van der Waals surface area contributed by atoms with Crippen LogP contribution >= 0.6 is 31.9 Å². The molecule has 164 valence electrons. The summed E-state index contributed by atoms with van der Waals surface area (Å²) in [6.07, 6.45) is -0.312. The molecule has 0 heterocycles. The third-order valence-electron chi connectivity index (χ3n) is 4.86. The standard InChI is InChI=1S/C26H28Br2O3/c27-16-25(30-18-22-12-6-2-7-13-22)26(31-19-23-14-8-3-9-15-23)24(28)20-29-17-21-10-4-1-5-11-21/h1-15,24-26H,16-20H2/t24-,25-,26+/m0/s1. The first kappa shape index (κ1) is 24.1. The Balaban J connectivity index is 1.61. The quantitative estimate of drug-likeness (QED) is 0.228. The van der Waals surface area contributed by atoms with E-state index in [9.17, 15) is 0 Å². The van der Waals surface area contributed by atoms with Crippen LogP contribution in [-0.4, -0.2) is 29.0 Å². The van der Waals surface area contributed by atoms with Crippen LogP contribution in [0.1, 0.15) is 16.7 Å². The van der Waals surface area contributed by atoms with Crippen LogP contribution in [0.15, 0.2) is 91.0 Å². The number of halogens is 2. The predicted molar refractivity (Wildman–Crippen MR) is 133 cm³/mol. The summed E-state index contributed by atoms with van der Waals surface area (Å²) < 4.78 is 18.6. The van der Waals surface area contributed by atoms with Crippen LogP contribution in [0.2, 0.25) is 0 Å². The number of benzene rings is 3. The van der Waals surface area contributed by atoms with Crippen molar-refractivity contribution in [1.29, 1.82) is 0 Å². The van der Waals surface area contributed by atoms with E-state index in [1.807, 2.05) is 54.6 Å². The highest BCUT2D eigenvalue weighted by Crippen LogP contribution is 2.22. The van der Waals surface area contributed by atoms with E-state index in [0.29, 0.717) is 31.8 Å². The number of ether oxygens (including phenoxy) is 3. The summed E-state index contributed by atoms with van der Waals surface area (Å²) in [6, 6.07) is 30.6. The lowest BCUT2D eigenvalue weighted by molar-refractivity contribution is -0.0819. The molecule has 3 nitrogen and oxygen atoms in total. The van der Waals surface area contributed by atoms with E-state index in [2.05, 4.69) is 68.3 Å². The van der Waals surface area contributed by atoms with Gasteiger partial charge in [0.05, 0.1) is 43.5 Å². The van der Waals surface area contributed by atoms with E-state index >= 15 is 0 Å². The lowest BCUT2D eigenvalue weighted by atomic mass is 10.1.